The molecule has 1 aromatic heterocycles. The van der Waals surface area contributed by atoms with E-state index in [2.05, 4.69) is 22.0 Å². The molecule has 1 aromatic carbocycles. The summed E-state index contributed by atoms with van der Waals surface area (Å²) in [5.41, 5.74) is 2.79. The molecule has 0 atom stereocenters. The highest BCUT2D eigenvalue weighted by atomic mass is 19.2. The van der Waals surface area contributed by atoms with Gasteiger partial charge in [-0.3, -0.25) is 0 Å². The zero-order chi connectivity index (χ0) is 26.0. The average molecular weight is 505 g/mol. The molecule has 192 valence electrons. The second-order valence-corrected chi connectivity index (χ2v) is 8.60. The van der Waals surface area contributed by atoms with Crippen molar-refractivity contribution in [3.63, 3.8) is 0 Å². The van der Waals surface area contributed by atoms with Gasteiger partial charge >= 0.3 is 0 Å². The van der Waals surface area contributed by atoms with Crippen molar-refractivity contribution in [2.75, 3.05) is 6.61 Å². The number of rotatable bonds is 12. The van der Waals surface area contributed by atoms with Crippen LogP contribution in [0.15, 0.2) is 77.8 Å². The van der Waals surface area contributed by atoms with Gasteiger partial charge in [0.2, 0.25) is 0 Å². The highest BCUT2D eigenvalue weighted by Gasteiger charge is 2.18. The van der Waals surface area contributed by atoms with Crippen molar-refractivity contribution in [3.8, 4) is 22.8 Å². The van der Waals surface area contributed by atoms with Crippen LogP contribution < -0.4 is 0 Å². The molecule has 0 saturated carbocycles. The number of halogens is 2. The third kappa shape index (κ3) is 6.78. The largest absolute Gasteiger partial charge is 0.501 e. The minimum Gasteiger partial charge on any atom is -0.501 e. The van der Waals surface area contributed by atoms with Crippen molar-refractivity contribution < 1.29 is 18.0 Å². The summed E-state index contributed by atoms with van der Waals surface area (Å²) in [6.45, 7) is 5.26. The summed E-state index contributed by atoms with van der Waals surface area (Å²) < 4.78 is 40.8. The van der Waals surface area contributed by atoms with Crippen LogP contribution in [0.2, 0.25) is 0 Å². The first-order valence-electron chi connectivity index (χ1n) is 12.4. The fourth-order valence-electron chi connectivity index (χ4n) is 3.84. The lowest BCUT2D eigenvalue weighted by Gasteiger charge is -2.04. The molecule has 0 aliphatic carbocycles. The summed E-state index contributed by atoms with van der Waals surface area (Å²) in [6, 6.07) is 7.62. The van der Waals surface area contributed by atoms with Crippen molar-refractivity contribution in [1.29, 1.82) is 0 Å². The number of hydrogen-bond acceptors (Lipinski definition) is 5. The van der Waals surface area contributed by atoms with Crippen LogP contribution in [0, 0.1) is 11.6 Å². The highest BCUT2D eigenvalue weighted by molar-refractivity contribution is 5.72. The molecular weight excluding hydrogens is 474 g/mol. The van der Waals surface area contributed by atoms with Gasteiger partial charge in [0.25, 0.3) is 0 Å². The van der Waals surface area contributed by atoms with Crippen LogP contribution in [0.4, 0.5) is 8.78 Å². The summed E-state index contributed by atoms with van der Waals surface area (Å²) >= 11 is 0. The van der Waals surface area contributed by atoms with E-state index in [1.165, 1.54) is 31.4 Å². The molecule has 0 unspecified atom stereocenters. The molecule has 0 spiro atoms. The lowest BCUT2D eigenvalue weighted by atomic mass is 10.1. The second-order valence-electron chi connectivity index (χ2n) is 8.60. The lowest BCUT2D eigenvalue weighted by molar-refractivity contribution is 0.241. The smallest absolute Gasteiger partial charge is 0.169 e. The Balaban J connectivity index is 1.44. The van der Waals surface area contributed by atoms with Crippen molar-refractivity contribution in [2.45, 2.75) is 46.1 Å². The highest BCUT2D eigenvalue weighted by Crippen LogP contribution is 2.27. The number of hydrogen-bond donors (Lipinski definition) is 0. The van der Waals surface area contributed by atoms with Gasteiger partial charge in [0, 0.05) is 24.0 Å². The lowest BCUT2D eigenvalue weighted by Crippen LogP contribution is -1.99. The maximum Gasteiger partial charge on any atom is 0.169 e. The molecule has 4 rings (SSSR count). The van der Waals surface area contributed by atoms with Gasteiger partial charge in [-0.15, -0.1) is 0 Å². The first-order chi connectivity index (χ1) is 18.1. The Hall–Kier alpha value is -4.07. The van der Waals surface area contributed by atoms with E-state index in [0.717, 1.165) is 18.1 Å². The van der Waals surface area contributed by atoms with E-state index in [1.807, 2.05) is 48.1 Å². The second kappa shape index (κ2) is 12.8. The van der Waals surface area contributed by atoms with E-state index in [-0.39, 0.29) is 11.4 Å². The molecule has 6 nitrogen and oxygen atoms in total. The molecule has 0 fully saturated rings. The molecule has 0 bridgehead atoms. The quantitative estimate of drug-likeness (QED) is 0.114. The molecule has 2 aromatic rings. The van der Waals surface area contributed by atoms with Gasteiger partial charge < -0.3 is 13.8 Å². The van der Waals surface area contributed by atoms with Crippen molar-refractivity contribution in [2.24, 2.45) is 0 Å². The van der Waals surface area contributed by atoms with Crippen LogP contribution in [-0.2, 0) is 11.3 Å². The third-order valence-corrected chi connectivity index (χ3v) is 5.73. The first-order valence-corrected chi connectivity index (χ1v) is 12.4. The van der Waals surface area contributed by atoms with Crippen molar-refractivity contribution in [3.05, 3.63) is 96.4 Å². The predicted octanol–water partition coefficient (Wildman–Crippen LogP) is 7.43. The number of fused-ring (bicyclic) bond motifs is 1. The number of unbranched alkanes of at least 4 members (excludes halogenated alkanes) is 3. The number of allylic oxidation sites excluding steroid dienone is 5. The van der Waals surface area contributed by atoms with E-state index in [9.17, 15) is 8.78 Å². The van der Waals surface area contributed by atoms with Gasteiger partial charge in [-0.1, -0.05) is 49.6 Å². The number of ether oxygens (including phenoxy) is 1. The van der Waals surface area contributed by atoms with Crippen LogP contribution >= 0.6 is 0 Å². The molecule has 0 saturated heterocycles. The van der Waals surface area contributed by atoms with Crippen LogP contribution in [0.5, 0.6) is 0 Å². The summed E-state index contributed by atoms with van der Waals surface area (Å²) in [5, 5.41) is 4.22. The van der Waals surface area contributed by atoms with Gasteiger partial charge in [0.15, 0.2) is 23.2 Å². The average Bonchev–Trinajstić information content (AvgIpc) is 3.53. The van der Waals surface area contributed by atoms with Crippen molar-refractivity contribution in [1.82, 2.24) is 19.7 Å². The molecule has 8 heteroatoms. The number of pyridine rings is 1. The molecular formula is C29H30F2N4O2. The summed E-state index contributed by atoms with van der Waals surface area (Å²) in [7, 11) is 0. The summed E-state index contributed by atoms with van der Waals surface area (Å²) in [5.74, 6) is -1.09. The molecule has 0 amide bonds. The molecule has 2 aliphatic heterocycles. The Morgan fingerprint density at radius 2 is 1.97 bits per heavy atom. The van der Waals surface area contributed by atoms with Crippen LogP contribution in [0.25, 0.3) is 28.3 Å². The van der Waals surface area contributed by atoms with E-state index >= 15 is 0 Å². The summed E-state index contributed by atoms with van der Waals surface area (Å²) in [4.78, 5) is 8.73. The van der Waals surface area contributed by atoms with Crippen molar-refractivity contribution >= 4 is 5.57 Å². The Morgan fingerprint density at radius 3 is 2.81 bits per heavy atom. The SMILES string of the molecule is C\C=C/C(=C\C=C\OCCCCCC)c1cc(Cn2ccc3nc(-c4cccc(F)c4F)nc-3c2)on1. The Bertz CT molecular complexity index is 1370. The molecule has 0 N–H and O–H groups in total. The number of nitrogens with zero attached hydrogens (tertiary/aromatic N) is 4. The zero-order valence-corrected chi connectivity index (χ0v) is 21.0. The monoisotopic (exact) mass is 504 g/mol. The van der Waals surface area contributed by atoms with Crippen LogP contribution in [0.3, 0.4) is 0 Å². The number of imidazole rings is 1. The standard InChI is InChI=1S/C29H30F2N4O2/c1-3-5-6-7-16-36-17-9-11-21(10-4-2)26-18-22(37-34-26)19-35-15-14-25-27(20-35)33-29(32-25)23-12-8-13-24(30)28(23)31/h4,8-15,17-18,20H,3,5-7,16,19H2,1-2H3/b10-4-,17-9+,21-11+. The van der Waals surface area contributed by atoms with E-state index in [4.69, 9.17) is 9.26 Å². The van der Waals surface area contributed by atoms with Gasteiger partial charge in [-0.2, -0.15) is 0 Å². The van der Waals surface area contributed by atoms with E-state index in [1.54, 1.807) is 18.5 Å². The Morgan fingerprint density at radius 1 is 1.11 bits per heavy atom. The van der Waals surface area contributed by atoms with Crippen LogP contribution in [0.1, 0.15) is 51.0 Å². The van der Waals surface area contributed by atoms with E-state index < -0.39 is 11.6 Å². The van der Waals surface area contributed by atoms with Gasteiger partial charge in [0.05, 0.1) is 30.7 Å². The fourth-order valence-corrected chi connectivity index (χ4v) is 3.84. The zero-order valence-electron chi connectivity index (χ0n) is 21.0. The molecule has 2 aliphatic rings. The first kappa shape index (κ1) is 26.0. The molecule has 37 heavy (non-hydrogen) atoms. The normalized spacial score (nSPS) is 12.4. The predicted molar refractivity (Wildman–Crippen MR) is 140 cm³/mol. The maximum absolute atomic E-state index is 14.2. The fraction of sp³-hybridized carbons (Fsp3) is 0.276. The summed E-state index contributed by atoms with van der Waals surface area (Å²) in [6.07, 6.45) is 17.7. The number of benzene rings is 1. The third-order valence-electron chi connectivity index (χ3n) is 5.73. The van der Waals surface area contributed by atoms with Gasteiger partial charge in [-0.25, -0.2) is 18.7 Å². The Kier molecular flexibility index (Phi) is 8.97. The molecule has 0 radical (unpaired) electrons. The van der Waals surface area contributed by atoms with Crippen LogP contribution in [-0.4, -0.2) is 26.3 Å². The molecule has 3 heterocycles. The van der Waals surface area contributed by atoms with Gasteiger partial charge in [0.1, 0.15) is 11.4 Å². The minimum atomic E-state index is -0.960. The maximum atomic E-state index is 14.2. The van der Waals surface area contributed by atoms with Gasteiger partial charge in [-0.05, 0) is 43.7 Å². The topological polar surface area (TPSA) is 66.0 Å². The number of aromatic nitrogens is 4. The van der Waals surface area contributed by atoms with E-state index in [0.29, 0.717) is 36.0 Å². The Labute approximate surface area is 215 Å². The minimum absolute atomic E-state index is 0.0295.